The van der Waals surface area contributed by atoms with Gasteiger partial charge >= 0.3 is 0 Å². The van der Waals surface area contributed by atoms with Crippen LogP contribution in [-0.4, -0.2) is 29.1 Å². The SMILES string of the molecule is COc1ccc(C2=NOC(C)(c3noc(C4CC4)n3)C2)cc1OC1CCCC1. The van der Waals surface area contributed by atoms with Crippen LogP contribution >= 0.6 is 0 Å². The van der Waals surface area contributed by atoms with Crippen LogP contribution < -0.4 is 9.47 Å². The van der Waals surface area contributed by atoms with E-state index in [1.54, 1.807) is 7.11 Å². The van der Waals surface area contributed by atoms with Crippen LogP contribution in [0.4, 0.5) is 0 Å². The first-order chi connectivity index (χ1) is 13.6. The molecule has 7 nitrogen and oxygen atoms in total. The van der Waals surface area contributed by atoms with Gasteiger partial charge in [0.2, 0.25) is 17.3 Å². The summed E-state index contributed by atoms with van der Waals surface area (Å²) in [6.07, 6.45) is 7.71. The average Bonchev–Trinajstić information content (AvgIpc) is 3.11. The molecule has 5 rings (SSSR count). The van der Waals surface area contributed by atoms with E-state index in [1.165, 1.54) is 12.8 Å². The standard InChI is InChI=1S/C21H25N3O4/c1-21(20-22-19(27-24-20)13-7-8-13)12-16(23-28-21)14-9-10-17(25-2)18(11-14)26-15-5-3-4-6-15/h9-11,13,15H,3-8,12H2,1-2H3. The van der Waals surface area contributed by atoms with Crippen LogP contribution in [0.5, 0.6) is 11.5 Å². The molecule has 1 aliphatic heterocycles. The van der Waals surface area contributed by atoms with E-state index >= 15 is 0 Å². The molecule has 0 saturated heterocycles. The number of hydrogen-bond acceptors (Lipinski definition) is 7. The van der Waals surface area contributed by atoms with Crippen molar-refractivity contribution < 1.29 is 18.8 Å². The number of methoxy groups -OCH3 is 1. The topological polar surface area (TPSA) is 79.0 Å². The van der Waals surface area contributed by atoms with Gasteiger partial charge in [0.1, 0.15) is 0 Å². The highest BCUT2D eigenvalue weighted by Crippen LogP contribution is 2.41. The van der Waals surface area contributed by atoms with E-state index in [9.17, 15) is 0 Å². The van der Waals surface area contributed by atoms with Crippen molar-refractivity contribution >= 4 is 5.71 Å². The van der Waals surface area contributed by atoms with Gasteiger partial charge in [0, 0.05) is 17.9 Å². The van der Waals surface area contributed by atoms with Crippen LogP contribution in [0.25, 0.3) is 0 Å². The molecule has 0 amide bonds. The van der Waals surface area contributed by atoms with Gasteiger partial charge in [0.15, 0.2) is 11.5 Å². The predicted molar refractivity (Wildman–Crippen MR) is 102 cm³/mol. The van der Waals surface area contributed by atoms with Gasteiger partial charge < -0.3 is 18.8 Å². The summed E-state index contributed by atoms with van der Waals surface area (Å²) in [5.41, 5.74) is 1.10. The molecule has 0 bridgehead atoms. The van der Waals surface area contributed by atoms with Crippen LogP contribution in [0.15, 0.2) is 27.9 Å². The molecule has 28 heavy (non-hydrogen) atoms. The number of aromatic nitrogens is 2. The maximum Gasteiger partial charge on any atom is 0.229 e. The summed E-state index contributed by atoms with van der Waals surface area (Å²) in [5, 5.41) is 8.48. The number of benzene rings is 1. The van der Waals surface area contributed by atoms with Crippen LogP contribution in [-0.2, 0) is 10.4 Å². The Morgan fingerprint density at radius 2 is 1.93 bits per heavy atom. The molecule has 1 unspecified atom stereocenters. The molecule has 7 heteroatoms. The van der Waals surface area contributed by atoms with Gasteiger partial charge in [-0.15, -0.1) is 0 Å². The molecule has 1 aromatic heterocycles. The summed E-state index contributed by atoms with van der Waals surface area (Å²) < 4.78 is 17.1. The highest BCUT2D eigenvalue weighted by Gasteiger charge is 2.42. The van der Waals surface area contributed by atoms with Crippen molar-refractivity contribution in [3.8, 4) is 11.5 Å². The van der Waals surface area contributed by atoms with Gasteiger partial charge in [-0.2, -0.15) is 4.98 Å². The lowest BCUT2D eigenvalue weighted by Crippen LogP contribution is -2.23. The Morgan fingerprint density at radius 3 is 2.68 bits per heavy atom. The quantitative estimate of drug-likeness (QED) is 0.739. The number of nitrogens with zero attached hydrogens (tertiary/aromatic N) is 3. The van der Waals surface area contributed by atoms with Crippen LogP contribution in [0.3, 0.4) is 0 Å². The number of ether oxygens (including phenoxy) is 2. The zero-order chi connectivity index (χ0) is 19.1. The van der Waals surface area contributed by atoms with Crippen molar-refractivity contribution in [1.29, 1.82) is 0 Å². The fourth-order valence-corrected chi connectivity index (χ4v) is 3.89. The lowest BCUT2D eigenvalue weighted by Gasteiger charge is -2.17. The van der Waals surface area contributed by atoms with Gasteiger partial charge in [0.25, 0.3) is 0 Å². The molecule has 2 fully saturated rings. The fourth-order valence-electron chi connectivity index (χ4n) is 3.89. The molecule has 2 aliphatic carbocycles. The second kappa shape index (κ2) is 6.79. The first-order valence-corrected chi connectivity index (χ1v) is 10.1. The first-order valence-electron chi connectivity index (χ1n) is 10.1. The predicted octanol–water partition coefficient (Wildman–Crippen LogP) is 4.32. The summed E-state index contributed by atoms with van der Waals surface area (Å²) in [6.45, 7) is 1.95. The van der Waals surface area contributed by atoms with Gasteiger partial charge in [-0.1, -0.05) is 10.3 Å². The summed E-state index contributed by atoms with van der Waals surface area (Å²) in [4.78, 5) is 10.3. The third-order valence-electron chi connectivity index (χ3n) is 5.80. The molecule has 2 saturated carbocycles. The fraction of sp³-hybridized carbons (Fsp3) is 0.571. The Morgan fingerprint density at radius 1 is 1.11 bits per heavy atom. The van der Waals surface area contributed by atoms with Gasteiger partial charge in [-0.25, -0.2) is 0 Å². The summed E-state index contributed by atoms with van der Waals surface area (Å²) >= 11 is 0. The minimum Gasteiger partial charge on any atom is -0.493 e. The average molecular weight is 383 g/mol. The molecule has 1 atom stereocenters. The molecular formula is C21H25N3O4. The Bertz CT molecular complexity index is 899. The Balaban J connectivity index is 1.35. The molecule has 1 aromatic carbocycles. The number of hydrogen-bond donors (Lipinski definition) is 0. The highest BCUT2D eigenvalue weighted by atomic mass is 16.7. The summed E-state index contributed by atoms with van der Waals surface area (Å²) in [5.74, 6) is 3.20. The third-order valence-corrected chi connectivity index (χ3v) is 5.80. The molecule has 2 aromatic rings. The third kappa shape index (κ3) is 3.23. The van der Waals surface area contributed by atoms with E-state index < -0.39 is 5.60 Å². The van der Waals surface area contributed by atoms with Crippen molar-refractivity contribution in [3.05, 3.63) is 35.5 Å². The Labute approximate surface area is 164 Å². The van der Waals surface area contributed by atoms with Crippen molar-refractivity contribution in [2.75, 3.05) is 7.11 Å². The number of oxime groups is 1. The smallest absolute Gasteiger partial charge is 0.229 e. The van der Waals surface area contributed by atoms with Crippen LogP contribution in [0.2, 0.25) is 0 Å². The van der Waals surface area contributed by atoms with Gasteiger partial charge in [-0.05, 0) is 63.6 Å². The van der Waals surface area contributed by atoms with Gasteiger partial charge in [0.05, 0.1) is 18.9 Å². The largest absolute Gasteiger partial charge is 0.493 e. The van der Waals surface area contributed by atoms with Gasteiger partial charge in [-0.3, -0.25) is 0 Å². The van der Waals surface area contributed by atoms with Crippen molar-refractivity contribution in [1.82, 2.24) is 10.1 Å². The van der Waals surface area contributed by atoms with E-state index in [-0.39, 0.29) is 6.10 Å². The molecule has 0 radical (unpaired) electrons. The molecule has 0 spiro atoms. The minimum atomic E-state index is -0.710. The van der Waals surface area contributed by atoms with E-state index in [1.807, 2.05) is 25.1 Å². The van der Waals surface area contributed by atoms with Crippen LogP contribution in [0, 0.1) is 0 Å². The lowest BCUT2D eigenvalue weighted by molar-refractivity contribution is -0.0159. The zero-order valence-electron chi connectivity index (χ0n) is 16.3. The summed E-state index contributed by atoms with van der Waals surface area (Å²) in [6, 6.07) is 5.91. The summed E-state index contributed by atoms with van der Waals surface area (Å²) in [7, 11) is 1.66. The maximum atomic E-state index is 6.21. The second-order valence-corrected chi connectivity index (χ2v) is 8.16. The normalized spacial score (nSPS) is 24.9. The van der Waals surface area contributed by atoms with Crippen molar-refractivity contribution in [2.24, 2.45) is 5.16 Å². The van der Waals surface area contributed by atoms with Crippen LogP contribution in [0.1, 0.15) is 75.1 Å². The lowest BCUT2D eigenvalue weighted by atomic mass is 9.95. The second-order valence-electron chi connectivity index (χ2n) is 8.16. The zero-order valence-corrected chi connectivity index (χ0v) is 16.3. The van der Waals surface area contributed by atoms with Crippen molar-refractivity contribution in [3.63, 3.8) is 0 Å². The highest BCUT2D eigenvalue weighted by molar-refractivity contribution is 6.02. The monoisotopic (exact) mass is 383 g/mol. The molecule has 3 aliphatic rings. The Kier molecular flexibility index (Phi) is 4.25. The van der Waals surface area contributed by atoms with E-state index in [0.717, 1.165) is 48.5 Å². The van der Waals surface area contributed by atoms with Crippen molar-refractivity contribution in [2.45, 2.75) is 69.5 Å². The Hall–Kier alpha value is -2.57. The molecule has 0 N–H and O–H groups in total. The van der Waals surface area contributed by atoms with E-state index in [4.69, 9.17) is 18.8 Å². The maximum absolute atomic E-state index is 6.21. The minimum absolute atomic E-state index is 0.261. The van der Waals surface area contributed by atoms with E-state index in [2.05, 4.69) is 15.3 Å². The molecule has 148 valence electrons. The molecular weight excluding hydrogens is 358 g/mol. The first kappa shape index (κ1) is 17.5. The van der Waals surface area contributed by atoms with E-state index in [0.29, 0.717) is 24.1 Å². The molecule has 2 heterocycles. The number of rotatable bonds is 6.